The predicted octanol–water partition coefficient (Wildman–Crippen LogP) is 4.27. The number of hydrogen-bond acceptors (Lipinski definition) is 3. The van der Waals surface area contributed by atoms with E-state index >= 15 is 0 Å². The van der Waals surface area contributed by atoms with Gasteiger partial charge in [0.25, 0.3) is 0 Å². The molecule has 0 spiro atoms. The minimum atomic E-state index is -1.03. The Morgan fingerprint density at radius 3 is 2.82 bits per heavy atom. The lowest BCUT2D eigenvalue weighted by Gasteiger charge is -2.09. The first-order valence-corrected chi connectivity index (χ1v) is 6.92. The van der Waals surface area contributed by atoms with Crippen molar-refractivity contribution in [3.8, 4) is 5.75 Å². The second kappa shape index (κ2) is 5.61. The average molecular weight is 317 g/mol. The summed E-state index contributed by atoms with van der Waals surface area (Å²) in [6, 6.07) is 12.5. The highest BCUT2D eigenvalue weighted by atomic mass is 35.5. The van der Waals surface area contributed by atoms with Crippen LogP contribution in [-0.4, -0.2) is 23.2 Å². The Labute approximate surface area is 131 Å². The molecule has 0 unspecified atom stereocenters. The number of ether oxygens (including phenoxy) is 1. The molecular formula is C16H13ClN2O3. The van der Waals surface area contributed by atoms with Gasteiger partial charge in [-0.15, -0.1) is 0 Å². The summed E-state index contributed by atoms with van der Waals surface area (Å²) < 4.78 is 5.19. The van der Waals surface area contributed by atoms with Crippen molar-refractivity contribution in [3.63, 3.8) is 0 Å². The Balaban J connectivity index is 2.06. The van der Waals surface area contributed by atoms with E-state index < -0.39 is 5.97 Å². The summed E-state index contributed by atoms with van der Waals surface area (Å²) >= 11 is 6.14. The van der Waals surface area contributed by atoms with Crippen LogP contribution in [0.15, 0.2) is 42.5 Å². The molecule has 0 aliphatic heterocycles. The van der Waals surface area contributed by atoms with E-state index in [0.717, 1.165) is 17.1 Å². The summed E-state index contributed by atoms with van der Waals surface area (Å²) in [5.74, 6) is -0.299. The lowest BCUT2D eigenvalue weighted by atomic mass is 10.2. The summed E-state index contributed by atoms with van der Waals surface area (Å²) in [4.78, 5) is 14.0. The molecule has 3 rings (SSSR count). The van der Waals surface area contributed by atoms with Crippen molar-refractivity contribution in [1.29, 1.82) is 0 Å². The number of aromatic amines is 1. The predicted molar refractivity (Wildman–Crippen MR) is 86.5 cm³/mol. The Morgan fingerprint density at radius 1 is 1.27 bits per heavy atom. The van der Waals surface area contributed by atoms with E-state index in [4.69, 9.17) is 21.4 Å². The zero-order valence-electron chi connectivity index (χ0n) is 11.7. The maximum absolute atomic E-state index is 11.1. The number of H-pyrrole nitrogens is 1. The first-order chi connectivity index (χ1) is 10.6. The van der Waals surface area contributed by atoms with E-state index in [1.807, 2.05) is 24.3 Å². The highest BCUT2D eigenvalue weighted by Crippen LogP contribution is 2.32. The van der Waals surface area contributed by atoms with Crippen LogP contribution >= 0.6 is 11.6 Å². The average Bonchev–Trinajstić information content (AvgIpc) is 2.97. The van der Waals surface area contributed by atoms with Crippen LogP contribution in [0, 0.1) is 0 Å². The zero-order chi connectivity index (χ0) is 15.7. The van der Waals surface area contributed by atoms with Gasteiger partial charge in [0.15, 0.2) is 0 Å². The normalized spacial score (nSPS) is 10.6. The van der Waals surface area contributed by atoms with Gasteiger partial charge in [0, 0.05) is 17.1 Å². The summed E-state index contributed by atoms with van der Waals surface area (Å²) in [7, 11) is 1.60. The highest BCUT2D eigenvalue weighted by Gasteiger charge is 2.13. The van der Waals surface area contributed by atoms with Crippen molar-refractivity contribution in [2.75, 3.05) is 12.4 Å². The second-order valence-corrected chi connectivity index (χ2v) is 5.14. The summed E-state index contributed by atoms with van der Waals surface area (Å²) in [5.41, 5.74) is 2.30. The van der Waals surface area contributed by atoms with Gasteiger partial charge in [-0.3, -0.25) is 0 Å². The number of carbonyl (C=O) groups is 1. The fourth-order valence-corrected chi connectivity index (χ4v) is 2.47. The molecule has 0 radical (unpaired) electrons. The van der Waals surface area contributed by atoms with Gasteiger partial charge in [-0.05, 0) is 30.3 Å². The van der Waals surface area contributed by atoms with Crippen LogP contribution in [0.3, 0.4) is 0 Å². The first-order valence-electron chi connectivity index (χ1n) is 6.54. The largest absolute Gasteiger partial charge is 0.497 e. The Kier molecular flexibility index (Phi) is 3.65. The molecule has 112 valence electrons. The fourth-order valence-electron chi connectivity index (χ4n) is 2.26. The van der Waals surface area contributed by atoms with Crippen molar-refractivity contribution in [3.05, 3.63) is 53.2 Å². The molecule has 0 saturated heterocycles. The number of nitrogens with one attached hydrogen (secondary N) is 2. The third-order valence-corrected chi connectivity index (χ3v) is 3.65. The topological polar surface area (TPSA) is 74.3 Å². The fraction of sp³-hybridized carbons (Fsp3) is 0.0625. The van der Waals surface area contributed by atoms with Crippen LogP contribution in [0.1, 0.15) is 10.5 Å². The Hall–Kier alpha value is -2.66. The number of carboxylic acid groups (broad SMARTS) is 1. The number of hydrogen-bond donors (Lipinski definition) is 3. The van der Waals surface area contributed by atoms with Crippen LogP contribution in [0.25, 0.3) is 10.9 Å². The van der Waals surface area contributed by atoms with E-state index in [9.17, 15) is 4.79 Å². The molecule has 1 aromatic heterocycles. The molecule has 0 atom stereocenters. The van der Waals surface area contributed by atoms with Gasteiger partial charge in [-0.25, -0.2) is 4.79 Å². The molecule has 3 aromatic rings. The number of aromatic nitrogens is 1. The third-order valence-electron chi connectivity index (χ3n) is 3.32. The van der Waals surface area contributed by atoms with Crippen molar-refractivity contribution in [2.45, 2.75) is 0 Å². The van der Waals surface area contributed by atoms with Gasteiger partial charge in [-0.2, -0.15) is 0 Å². The molecule has 0 aliphatic carbocycles. The minimum absolute atomic E-state index is 0.0943. The number of anilines is 2. The third kappa shape index (κ3) is 2.58. The number of benzene rings is 2. The lowest BCUT2D eigenvalue weighted by molar-refractivity contribution is 0.0691. The smallest absolute Gasteiger partial charge is 0.352 e. The first kappa shape index (κ1) is 14.3. The Morgan fingerprint density at radius 2 is 2.09 bits per heavy atom. The number of rotatable bonds is 4. The molecule has 0 bridgehead atoms. The number of methoxy groups -OCH3 is 1. The van der Waals surface area contributed by atoms with E-state index in [0.29, 0.717) is 15.9 Å². The van der Waals surface area contributed by atoms with E-state index in [1.165, 1.54) is 6.07 Å². The Bertz CT molecular complexity index is 858. The van der Waals surface area contributed by atoms with Crippen LogP contribution in [-0.2, 0) is 0 Å². The van der Waals surface area contributed by atoms with Gasteiger partial charge in [0.05, 0.1) is 23.3 Å². The molecule has 1 heterocycles. The van der Waals surface area contributed by atoms with Crippen molar-refractivity contribution < 1.29 is 14.6 Å². The summed E-state index contributed by atoms with van der Waals surface area (Å²) in [6.45, 7) is 0. The molecule has 0 aliphatic rings. The van der Waals surface area contributed by atoms with Crippen LogP contribution in [0.5, 0.6) is 5.75 Å². The minimum Gasteiger partial charge on any atom is -0.497 e. The van der Waals surface area contributed by atoms with Gasteiger partial charge in [-0.1, -0.05) is 17.7 Å². The van der Waals surface area contributed by atoms with Crippen LogP contribution in [0.4, 0.5) is 11.4 Å². The van der Waals surface area contributed by atoms with E-state index in [-0.39, 0.29) is 5.69 Å². The number of aromatic carboxylic acids is 1. The quantitative estimate of drug-likeness (QED) is 0.672. The molecule has 5 nitrogen and oxygen atoms in total. The van der Waals surface area contributed by atoms with Crippen LogP contribution < -0.4 is 10.1 Å². The lowest BCUT2D eigenvalue weighted by Crippen LogP contribution is -1.96. The molecule has 3 N–H and O–H groups in total. The van der Waals surface area contributed by atoms with Crippen molar-refractivity contribution in [2.24, 2.45) is 0 Å². The van der Waals surface area contributed by atoms with Gasteiger partial charge < -0.3 is 20.1 Å². The molecule has 0 saturated carbocycles. The standard InChI is InChI=1S/C16H13ClN2O3/c1-22-10-4-2-3-9(7-10)18-13-6-5-12(17)11-8-14(16(20)21)19-15(11)13/h2-8,18-19H,1H3,(H,20,21). The zero-order valence-corrected chi connectivity index (χ0v) is 12.4. The summed E-state index contributed by atoms with van der Waals surface area (Å²) in [5, 5.41) is 13.5. The van der Waals surface area contributed by atoms with Crippen LogP contribution in [0.2, 0.25) is 5.02 Å². The monoisotopic (exact) mass is 316 g/mol. The van der Waals surface area contributed by atoms with Crippen molar-refractivity contribution in [1.82, 2.24) is 4.98 Å². The number of halogens is 1. The van der Waals surface area contributed by atoms with Gasteiger partial charge >= 0.3 is 5.97 Å². The summed E-state index contributed by atoms with van der Waals surface area (Å²) in [6.07, 6.45) is 0. The molecule has 6 heteroatoms. The molecule has 22 heavy (non-hydrogen) atoms. The second-order valence-electron chi connectivity index (χ2n) is 4.73. The van der Waals surface area contributed by atoms with Crippen molar-refractivity contribution >= 4 is 39.8 Å². The molecular weight excluding hydrogens is 304 g/mol. The highest BCUT2D eigenvalue weighted by molar-refractivity contribution is 6.36. The van der Waals surface area contributed by atoms with Gasteiger partial charge in [0.1, 0.15) is 11.4 Å². The number of fused-ring (bicyclic) bond motifs is 1. The SMILES string of the molecule is COc1cccc(Nc2ccc(Cl)c3cc(C(=O)O)[nH]c23)c1. The molecule has 2 aromatic carbocycles. The van der Waals surface area contributed by atoms with E-state index in [1.54, 1.807) is 19.2 Å². The van der Waals surface area contributed by atoms with Gasteiger partial charge in [0.2, 0.25) is 0 Å². The maximum Gasteiger partial charge on any atom is 0.352 e. The number of carboxylic acids is 1. The van der Waals surface area contributed by atoms with E-state index in [2.05, 4.69) is 10.3 Å². The maximum atomic E-state index is 11.1. The molecule has 0 amide bonds. The molecule has 0 fully saturated rings.